The molecule has 0 unspecified atom stereocenters. The van der Waals surface area contributed by atoms with Crippen LogP contribution in [0.15, 0.2) is 48.5 Å². The number of benzene rings is 2. The third kappa shape index (κ3) is 4.58. The van der Waals surface area contributed by atoms with Crippen LogP contribution in [0.1, 0.15) is 21.5 Å². The van der Waals surface area contributed by atoms with Crippen molar-refractivity contribution in [2.75, 3.05) is 11.9 Å². The number of carbonyl (C=O) groups is 2. The van der Waals surface area contributed by atoms with Gasteiger partial charge in [-0.25, -0.2) is 0 Å². The minimum Gasteiger partial charge on any atom is -0.343 e. The van der Waals surface area contributed by atoms with Gasteiger partial charge in [0.1, 0.15) is 0 Å². The molecular formula is C17H15F3N2O2. The number of anilines is 1. The molecule has 0 aromatic heterocycles. The first kappa shape index (κ1) is 17.5. The molecule has 0 aliphatic heterocycles. The summed E-state index contributed by atoms with van der Waals surface area (Å²) in [7, 11) is 0. The molecule has 7 heteroatoms. The van der Waals surface area contributed by atoms with Crippen molar-refractivity contribution in [3.63, 3.8) is 0 Å². The minimum absolute atomic E-state index is 0.0139. The Kier molecular flexibility index (Phi) is 5.23. The summed E-state index contributed by atoms with van der Waals surface area (Å²) in [5, 5.41) is 4.75. The molecule has 2 aromatic rings. The number of hydrogen-bond donors (Lipinski definition) is 2. The highest BCUT2D eigenvalue weighted by atomic mass is 19.4. The van der Waals surface area contributed by atoms with Crippen LogP contribution in [-0.4, -0.2) is 18.4 Å². The van der Waals surface area contributed by atoms with Gasteiger partial charge in [0.05, 0.1) is 12.1 Å². The lowest BCUT2D eigenvalue weighted by atomic mass is 10.1. The fourth-order valence-corrected chi connectivity index (χ4v) is 2.06. The Morgan fingerprint density at radius 2 is 1.75 bits per heavy atom. The monoisotopic (exact) mass is 336 g/mol. The summed E-state index contributed by atoms with van der Waals surface area (Å²) in [6, 6.07) is 11.2. The average Bonchev–Trinajstić information content (AvgIpc) is 2.52. The zero-order chi connectivity index (χ0) is 17.7. The third-order valence-electron chi connectivity index (χ3n) is 3.27. The molecule has 24 heavy (non-hydrogen) atoms. The van der Waals surface area contributed by atoms with Crippen molar-refractivity contribution >= 4 is 17.5 Å². The molecule has 0 saturated carbocycles. The zero-order valence-electron chi connectivity index (χ0n) is 12.8. The van der Waals surface area contributed by atoms with E-state index >= 15 is 0 Å². The van der Waals surface area contributed by atoms with E-state index in [2.05, 4.69) is 10.6 Å². The van der Waals surface area contributed by atoms with Gasteiger partial charge in [0.2, 0.25) is 5.91 Å². The number of nitrogens with one attached hydrogen (secondary N) is 2. The van der Waals surface area contributed by atoms with Crippen LogP contribution in [0, 0.1) is 6.92 Å². The molecule has 0 saturated heterocycles. The summed E-state index contributed by atoms with van der Waals surface area (Å²) in [6.07, 6.45) is -4.49. The highest BCUT2D eigenvalue weighted by Gasteiger charge is 2.30. The topological polar surface area (TPSA) is 58.2 Å². The van der Waals surface area contributed by atoms with Crippen LogP contribution in [0.2, 0.25) is 0 Å². The fraction of sp³-hybridized carbons (Fsp3) is 0.176. The molecule has 0 atom stereocenters. The van der Waals surface area contributed by atoms with Crippen molar-refractivity contribution in [2.24, 2.45) is 0 Å². The van der Waals surface area contributed by atoms with E-state index in [1.54, 1.807) is 31.2 Å². The van der Waals surface area contributed by atoms with Crippen molar-refractivity contribution in [2.45, 2.75) is 13.1 Å². The van der Waals surface area contributed by atoms with Crippen LogP contribution in [0.5, 0.6) is 0 Å². The Morgan fingerprint density at radius 3 is 2.42 bits per heavy atom. The van der Waals surface area contributed by atoms with Gasteiger partial charge in [-0.15, -0.1) is 0 Å². The quantitative estimate of drug-likeness (QED) is 0.899. The fourth-order valence-electron chi connectivity index (χ4n) is 2.06. The van der Waals surface area contributed by atoms with E-state index in [1.165, 1.54) is 12.1 Å². The van der Waals surface area contributed by atoms with Gasteiger partial charge in [-0.1, -0.05) is 24.3 Å². The maximum absolute atomic E-state index is 12.6. The number of hydrogen-bond acceptors (Lipinski definition) is 2. The lowest BCUT2D eigenvalue weighted by Crippen LogP contribution is -2.33. The Morgan fingerprint density at radius 1 is 1.04 bits per heavy atom. The van der Waals surface area contributed by atoms with Crippen LogP contribution in [0.25, 0.3) is 0 Å². The summed E-state index contributed by atoms with van der Waals surface area (Å²) in [6.45, 7) is 1.42. The average molecular weight is 336 g/mol. The second kappa shape index (κ2) is 7.16. The molecule has 4 nitrogen and oxygen atoms in total. The van der Waals surface area contributed by atoms with Gasteiger partial charge < -0.3 is 10.6 Å². The van der Waals surface area contributed by atoms with Crippen LogP contribution in [0.4, 0.5) is 18.9 Å². The number of rotatable bonds is 4. The van der Waals surface area contributed by atoms with Crippen LogP contribution >= 0.6 is 0 Å². The Labute approximate surface area is 136 Å². The van der Waals surface area contributed by atoms with Gasteiger partial charge in [-0.05, 0) is 36.8 Å². The van der Waals surface area contributed by atoms with E-state index in [4.69, 9.17) is 0 Å². The highest BCUT2D eigenvalue weighted by molar-refractivity contribution is 6.00. The molecule has 0 heterocycles. The highest BCUT2D eigenvalue weighted by Crippen LogP contribution is 2.30. The summed E-state index contributed by atoms with van der Waals surface area (Å²) in [5.41, 5.74) is 0.349. The van der Waals surface area contributed by atoms with E-state index in [9.17, 15) is 22.8 Å². The summed E-state index contributed by atoms with van der Waals surface area (Å²) < 4.78 is 37.8. The van der Waals surface area contributed by atoms with Crippen molar-refractivity contribution in [3.8, 4) is 0 Å². The minimum atomic E-state index is -4.49. The van der Waals surface area contributed by atoms with Gasteiger partial charge in [-0.3, -0.25) is 9.59 Å². The van der Waals surface area contributed by atoms with Crippen molar-refractivity contribution in [1.82, 2.24) is 5.32 Å². The number of amides is 2. The third-order valence-corrected chi connectivity index (χ3v) is 3.27. The molecule has 2 amide bonds. The van der Waals surface area contributed by atoms with Crippen molar-refractivity contribution in [3.05, 3.63) is 65.2 Å². The summed E-state index contributed by atoms with van der Waals surface area (Å²) >= 11 is 0. The predicted molar refractivity (Wildman–Crippen MR) is 83.6 cm³/mol. The van der Waals surface area contributed by atoms with Crippen molar-refractivity contribution in [1.29, 1.82) is 0 Å². The summed E-state index contributed by atoms with van der Waals surface area (Å²) in [5.74, 6) is -1.04. The molecule has 2 aromatic carbocycles. The van der Waals surface area contributed by atoms with Gasteiger partial charge in [0.15, 0.2) is 0 Å². The van der Waals surface area contributed by atoms with Crippen LogP contribution in [-0.2, 0) is 11.0 Å². The number of alkyl halides is 3. The molecule has 0 aliphatic rings. The molecule has 0 fully saturated rings. The van der Waals surface area contributed by atoms with Crippen molar-refractivity contribution < 1.29 is 22.8 Å². The maximum Gasteiger partial charge on any atom is 0.416 e. The van der Waals surface area contributed by atoms with Crippen LogP contribution < -0.4 is 10.6 Å². The molecule has 0 bridgehead atoms. The molecule has 0 spiro atoms. The second-order valence-corrected chi connectivity index (χ2v) is 5.12. The Bertz CT molecular complexity index is 757. The maximum atomic E-state index is 12.6. The van der Waals surface area contributed by atoms with Gasteiger partial charge in [0.25, 0.3) is 5.91 Å². The van der Waals surface area contributed by atoms with Gasteiger partial charge >= 0.3 is 6.18 Å². The standard InChI is InChI=1S/C17H15F3N2O2/c1-11-5-2-3-8-14(11)16(24)21-10-15(23)22-13-7-4-6-12(9-13)17(18,19)20/h2-9H,10H2,1H3,(H,21,24)(H,22,23). The smallest absolute Gasteiger partial charge is 0.343 e. The molecular weight excluding hydrogens is 321 g/mol. The Hall–Kier alpha value is -2.83. The van der Waals surface area contributed by atoms with E-state index in [0.717, 1.165) is 17.7 Å². The molecule has 0 aliphatic carbocycles. The van der Waals surface area contributed by atoms with E-state index in [-0.39, 0.29) is 12.2 Å². The molecule has 2 rings (SSSR count). The first-order valence-electron chi connectivity index (χ1n) is 7.08. The van der Waals surface area contributed by atoms with Gasteiger partial charge in [0, 0.05) is 11.3 Å². The molecule has 2 N–H and O–H groups in total. The largest absolute Gasteiger partial charge is 0.416 e. The van der Waals surface area contributed by atoms with Crippen LogP contribution in [0.3, 0.4) is 0 Å². The van der Waals surface area contributed by atoms with Gasteiger partial charge in [-0.2, -0.15) is 13.2 Å². The number of carbonyl (C=O) groups excluding carboxylic acids is 2. The van der Waals surface area contributed by atoms with E-state index in [1.807, 2.05) is 0 Å². The first-order chi connectivity index (χ1) is 11.3. The lowest BCUT2D eigenvalue weighted by molar-refractivity contribution is -0.137. The second-order valence-electron chi connectivity index (χ2n) is 5.12. The SMILES string of the molecule is Cc1ccccc1C(=O)NCC(=O)Nc1cccc(C(F)(F)F)c1. The summed E-state index contributed by atoms with van der Waals surface area (Å²) in [4.78, 5) is 23.8. The Balaban J connectivity index is 1.95. The number of halogens is 3. The zero-order valence-corrected chi connectivity index (χ0v) is 12.8. The predicted octanol–water partition coefficient (Wildman–Crippen LogP) is 3.38. The molecule has 126 valence electrons. The van der Waals surface area contributed by atoms with E-state index in [0.29, 0.717) is 5.56 Å². The molecule has 0 radical (unpaired) electrons. The lowest BCUT2D eigenvalue weighted by Gasteiger charge is -2.11. The van der Waals surface area contributed by atoms with E-state index < -0.39 is 23.6 Å². The first-order valence-corrected chi connectivity index (χ1v) is 7.08. The number of aryl methyl sites for hydroxylation is 1. The normalized spacial score (nSPS) is 11.0.